The second-order valence-electron chi connectivity index (χ2n) is 7.77. The van der Waals surface area contributed by atoms with Crippen LogP contribution in [0.4, 0.5) is 5.69 Å². The van der Waals surface area contributed by atoms with Gasteiger partial charge in [-0.3, -0.25) is 14.5 Å². The lowest BCUT2D eigenvalue weighted by Gasteiger charge is -2.30. The number of nitrogens with zero attached hydrogens (tertiary/aromatic N) is 1. The molecular formula is C20H30N4O2. The van der Waals surface area contributed by atoms with Gasteiger partial charge in [-0.1, -0.05) is 18.6 Å². The fourth-order valence-electron chi connectivity index (χ4n) is 4.09. The molecule has 5 N–H and O–H groups in total. The Morgan fingerprint density at radius 3 is 2.58 bits per heavy atom. The molecule has 1 aromatic rings. The van der Waals surface area contributed by atoms with Crippen LogP contribution in [0.5, 0.6) is 0 Å². The van der Waals surface area contributed by atoms with Gasteiger partial charge < -0.3 is 16.8 Å². The van der Waals surface area contributed by atoms with Crippen LogP contribution in [-0.4, -0.2) is 35.8 Å². The monoisotopic (exact) mass is 358 g/mol. The van der Waals surface area contributed by atoms with Crippen LogP contribution in [0.3, 0.4) is 0 Å². The third-order valence-electron chi connectivity index (χ3n) is 5.68. The first kappa shape index (κ1) is 18.9. The second kappa shape index (κ2) is 8.64. The lowest BCUT2D eigenvalue weighted by atomic mass is 9.85. The number of primary amides is 1. The van der Waals surface area contributed by atoms with Crippen LogP contribution >= 0.6 is 0 Å². The van der Waals surface area contributed by atoms with Crippen molar-refractivity contribution in [3.05, 3.63) is 29.8 Å². The van der Waals surface area contributed by atoms with Crippen molar-refractivity contribution in [3.63, 3.8) is 0 Å². The zero-order valence-corrected chi connectivity index (χ0v) is 15.3. The molecule has 0 spiro atoms. The summed E-state index contributed by atoms with van der Waals surface area (Å²) >= 11 is 0. The van der Waals surface area contributed by atoms with Crippen LogP contribution in [0.25, 0.3) is 0 Å². The van der Waals surface area contributed by atoms with E-state index in [1.165, 1.54) is 5.56 Å². The summed E-state index contributed by atoms with van der Waals surface area (Å²) in [6.07, 6.45) is 5.40. The number of likely N-dealkylation sites (tertiary alicyclic amines) is 1. The molecule has 1 aliphatic heterocycles. The lowest BCUT2D eigenvalue weighted by molar-refractivity contribution is -0.123. The number of carbonyl (C=O) groups is 2. The molecule has 1 saturated heterocycles. The molecule has 2 amide bonds. The Morgan fingerprint density at radius 1 is 1.12 bits per heavy atom. The lowest BCUT2D eigenvalue weighted by Crippen LogP contribution is -2.38. The first-order valence-corrected chi connectivity index (χ1v) is 9.68. The van der Waals surface area contributed by atoms with E-state index in [4.69, 9.17) is 11.5 Å². The Bertz CT molecular complexity index is 640. The number of hydrogen-bond acceptors (Lipinski definition) is 4. The third-order valence-corrected chi connectivity index (χ3v) is 5.68. The SMILES string of the molecule is NC(=O)C1CCN(Cc2cccc(NC(=O)C3CCCC(N)C3)c2)CC1. The zero-order chi connectivity index (χ0) is 18.5. The number of piperidine rings is 1. The minimum absolute atomic E-state index is 0.0127. The Kier molecular flexibility index (Phi) is 6.27. The summed E-state index contributed by atoms with van der Waals surface area (Å²) in [5.74, 6) is -0.0645. The Morgan fingerprint density at radius 2 is 1.88 bits per heavy atom. The molecule has 2 fully saturated rings. The minimum atomic E-state index is -0.184. The summed E-state index contributed by atoms with van der Waals surface area (Å²) in [7, 11) is 0. The zero-order valence-electron chi connectivity index (χ0n) is 15.3. The highest BCUT2D eigenvalue weighted by molar-refractivity contribution is 5.92. The van der Waals surface area contributed by atoms with Gasteiger partial charge in [0.05, 0.1) is 0 Å². The van der Waals surface area contributed by atoms with E-state index in [1.807, 2.05) is 18.2 Å². The average molecular weight is 358 g/mol. The molecule has 26 heavy (non-hydrogen) atoms. The van der Waals surface area contributed by atoms with E-state index in [1.54, 1.807) is 0 Å². The van der Waals surface area contributed by atoms with Crippen molar-refractivity contribution >= 4 is 17.5 Å². The van der Waals surface area contributed by atoms with Crippen LogP contribution in [0, 0.1) is 11.8 Å². The van der Waals surface area contributed by atoms with Gasteiger partial charge in [0.15, 0.2) is 0 Å². The van der Waals surface area contributed by atoms with Crippen molar-refractivity contribution in [1.29, 1.82) is 0 Å². The van der Waals surface area contributed by atoms with Crippen LogP contribution in [0.2, 0.25) is 0 Å². The quantitative estimate of drug-likeness (QED) is 0.747. The molecule has 0 aromatic heterocycles. The van der Waals surface area contributed by atoms with E-state index in [0.29, 0.717) is 0 Å². The number of hydrogen-bond donors (Lipinski definition) is 3. The van der Waals surface area contributed by atoms with Crippen LogP contribution < -0.4 is 16.8 Å². The van der Waals surface area contributed by atoms with Crippen LogP contribution in [0.1, 0.15) is 44.1 Å². The first-order valence-electron chi connectivity index (χ1n) is 9.68. The predicted octanol–water partition coefficient (Wildman–Crippen LogP) is 1.84. The maximum absolute atomic E-state index is 12.5. The van der Waals surface area contributed by atoms with Gasteiger partial charge in [-0.15, -0.1) is 0 Å². The Labute approximate surface area is 155 Å². The van der Waals surface area contributed by atoms with Crippen molar-refractivity contribution in [2.45, 2.75) is 51.1 Å². The van der Waals surface area contributed by atoms with Gasteiger partial charge >= 0.3 is 0 Å². The summed E-state index contributed by atoms with van der Waals surface area (Å²) < 4.78 is 0. The summed E-state index contributed by atoms with van der Waals surface area (Å²) in [5.41, 5.74) is 13.4. The van der Waals surface area contributed by atoms with E-state index in [-0.39, 0.29) is 29.7 Å². The van der Waals surface area contributed by atoms with Gasteiger partial charge in [0.2, 0.25) is 11.8 Å². The number of carbonyl (C=O) groups excluding carboxylic acids is 2. The van der Waals surface area contributed by atoms with E-state index in [2.05, 4.69) is 16.3 Å². The number of nitrogens with two attached hydrogens (primary N) is 2. The van der Waals surface area contributed by atoms with Gasteiger partial charge in [0, 0.05) is 30.1 Å². The van der Waals surface area contributed by atoms with Crippen molar-refractivity contribution in [2.24, 2.45) is 23.3 Å². The Hall–Kier alpha value is -1.92. The highest BCUT2D eigenvalue weighted by atomic mass is 16.2. The molecule has 1 aliphatic carbocycles. The summed E-state index contributed by atoms with van der Waals surface area (Å²) in [5, 5.41) is 3.06. The third kappa shape index (κ3) is 5.05. The summed E-state index contributed by atoms with van der Waals surface area (Å²) in [6, 6.07) is 8.18. The van der Waals surface area contributed by atoms with Gasteiger partial charge in [-0.05, 0) is 62.9 Å². The van der Waals surface area contributed by atoms with Crippen LogP contribution in [-0.2, 0) is 16.1 Å². The highest BCUT2D eigenvalue weighted by Gasteiger charge is 2.26. The highest BCUT2D eigenvalue weighted by Crippen LogP contribution is 2.25. The summed E-state index contributed by atoms with van der Waals surface area (Å²) in [6.45, 7) is 2.58. The van der Waals surface area contributed by atoms with Gasteiger partial charge in [0.1, 0.15) is 0 Å². The fourth-order valence-corrected chi connectivity index (χ4v) is 4.09. The van der Waals surface area contributed by atoms with Crippen molar-refractivity contribution < 1.29 is 9.59 Å². The van der Waals surface area contributed by atoms with E-state index < -0.39 is 0 Å². The topological polar surface area (TPSA) is 101 Å². The number of rotatable bonds is 5. The molecule has 1 heterocycles. The smallest absolute Gasteiger partial charge is 0.227 e. The maximum Gasteiger partial charge on any atom is 0.227 e. The molecule has 2 aliphatic rings. The number of nitrogens with one attached hydrogen (secondary N) is 1. The molecule has 0 bridgehead atoms. The van der Waals surface area contributed by atoms with E-state index >= 15 is 0 Å². The first-order chi connectivity index (χ1) is 12.5. The van der Waals surface area contributed by atoms with Crippen LogP contribution in [0.15, 0.2) is 24.3 Å². The molecule has 2 atom stereocenters. The molecule has 6 nitrogen and oxygen atoms in total. The molecule has 6 heteroatoms. The predicted molar refractivity (Wildman–Crippen MR) is 102 cm³/mol. The van der Waals surface area contributed by atoms with Gasteiger partial charge in [-0.2, -0.15) is 0 Å². The molecule has 3 rings (SSSR count). The molecular weight excluding hydrogens is 328 g/mol. The summed E-state index contributed by atoms with van der Waals surface area (Å²) in [4.78, 5) is 26.1. The Balaban J connectivity index is 1.53. The largest absolute Gasteiger partial charge is 0.369 e. The molecule has 0 radical (unpaired) electrons. The van der Waals surface area contributed by atoms with Crippen molar-refractivity contribution in [3.8, 4) is 0 Å². The second-order valence-corrected chi connectivity index (χ2v) is 7.77. The average Bonchev–Trinajstić information content (AvgIpc) is 2.62. The standard InChI is InChI=1S/C20H30N4O2/c21-17-5-2-4-16(12-17)20(26)23-18-6-1-3-14(11-18)13-24-9-7-15(8-10-24)19(22)25/h1,3,6,11,15-17H,2,4-5,7-10,12-13,21H2,(H2,22,25)(H,23,26). The van der Waals surface area contributed by atoms with Gasteiger partial charge in [-0.25, -0.2) is 0 Å². The van der Waals surface area contributed by atoms with E-state index in [0.717, 1.165) is 63.8 Å². The number of benzene rings is 1. The van der Waals surface area contributed by atoms with Crippen molar-refractivity contribution in [2.75, 3.05) is 18.4 Å². The number of amides is 2. The van der Waals surface area contributed by atoms with Gasteiger partial charge in [0.25, 0.3) is 0 Å². The molecule has 1 aromatic carbocycles. The van der Waals surface area contributed by atoms with E-state index in [9.17, 15) is 9.59 Å². The minimum Gasteiger partial charge on any atom is -0.369 e. The normalized spacial score (nSPS) is 25.0. The fraction of sp³-hybridized carbons (Fsp3) is 0.600. The van der Waals surface area contributed by atoms with Crippen molar-refractivity contribution in [1.82, 2.24) is 4.90 Å². The maximum atomic E-state index is 12.5. The molecule has 1 saturated carbocycles. The molecule has 2 unspecified atom stereocenters. The molecule has 142 valence electrons. The number of anilines is 1.